The molecule has 0 saturated carbocycles. The van der Waals surface area contributed by atoms with Crippen molar-refractivity contribution in [3.63, 3.8) is 0 Å². The number of hydrogen-bond acceptors (Lipinski definition) is 2. The molecular weight excluding hydrogens is 412 g/mol. The average Bonchev–Trinajstić information content (AvgIpc) is 3.22. The second-order valence-corrected chi connectivity index (χ2v) is 8.44. The fourth-order valence-electron chi connectivity index (χ4n) is 4.06. The van der Waals surface area contributed by atoms with Gasteiger partial charge in [-0.3, -0.25) is 4.79 Å². The Morgan fingerprint density at radius 3 is 1.81 bits per heavy atom. The minimum atomic E-state index is -0.0233. The molecule has 32 heavy (non-hydrogen) atoms. The summed E-state index contributed by atoms with van der Waals surface area (Å²) in [4.78, 5) is 16.3. The van der Waals surface area contributed by atoms with Gasteiger partial charge in [0.05, 0.1) is 11.4 Å². The maximum atomic E-state index is 11.1. The van der Waals surface area contributed by atoms with E-state index in [1.165, 1.54) is 5.56 Å². The van der Waals surface area contributed by atoms with Crippen LogP contribution in [-0.4, -0.2) is 14.7 Å². The van der Waals surface area contributed by atoms with Crippen molar-refractivity contribution in [3.8, 4) is 33.9 Å². The highest BCUT2D eigenvalue weighted by atomic mass is 32.1. The highest BCUT2D eigenvalue weighted by molar-refractivity contribution is 7.96. The number of thiol groups is 1. The van der Waals surface area contributed by atoms with E-state index < -0.39 is 0 Å². The lowest BCUT2D eigenvalue weighted by molar-refractivity contribution is -0.110. The van der Waals surface area contributed by atoms with Crippen LogP contribution in [0.2, 0.25) is 0 Å². The smallest absolute Gasteiger partial charge is 0.185 e. The van der Waals surface area contributed by atoms with Crippen molar-refractivity contribution in [1.29, 1.82) is 0 Å². The van der Waals surface area contributed by atoms with Crippen molar-refractivity contribution >= 4 is 17.7 Å². The summed E-state index contributed by atoms with van der Waals surface area (Å²) in [6.07, 6.45) is 4.59. The normalized spacial score (nSPS) is 10.9. The molecule has 1 heterocycles. The summed E-state index contributed by atoms with van der Waals surface area (Å²) in [6.45, 7) is 0.878. The van der Waals surface area contributed by atoms with E-state index in [1.54, 1.807) is 0 Å². The Morgan fingerprint density at radius 2 is 1.22 bits per heavy atom. The molecule has 3 nitrogen and oxygen atoms in total. The molecule has 0 unspecified atom stereocenters. The van der Waals surface area contributed by atoms with Gasteiger partial charge in [-0.2, -0.15) is 0 Å². The fourth-order valence-corrected chi connectivity index (χ4v) is 4.22. The molecule has 4 rings (SSSR count). The van der Waals surface area contributed by atoms with Crippen molar-refractivity contribution in [3.05, 3.63) is 91.0 Å². The Balaban J connectivity index is 1.74. The van der Waals surface area contributed by atoms with E-state index in [0.29, 0.717) is 6.42 Å². The standard InChI is InChI=1S/C28H28N2OS/c31-25(32)20-12-1-2-13-21-30-27(23-16-8-4-9-17-23)26(22-14-6-3-7-15-22)29-28(30)24-18-10-5-11-19-24/h3-11,14-19H,1-2,12-13,20-21H2,(H,31,32). The number of aromatic nitrogens is 2. The summed E-state index contributed by atoms with van der Waals surface area (Å²) < 4.78 is 2.37. The quantitative estimate of drug-likeness (QED) is 0.207. The van der Waals surface area contributed by atoms with Gasteiger partial charge < -0.3 is 4.57 Å². The monoisotopic (exact) mass is 440 g/mol. The van der Waals surface area contributed by atoms with E-state index in [-0.39, 0.29) is 5.12 Å². The molecule has 0 fully saturated rings. The topological polar surface area (TPSA) is 34.9 Å². The predicted molar refractivity (Wildman–Crippen MR) is 136 cm³/mol. The van der Waals surface area contributed by atoms with E-state index in [1.807, 2.05) is 18.2 Å². The van der Waals surface area contributed by atoms with Crippen LogP contribution < -0.4 is 0 Å². The molecule has 0 radical (unpaired) electrons. The van der Waals surface area contributed by atoms with E-state index in [4.69, 9.17) is 4.98 Å². The fraction of sp³-hybridized carbons (Fsp3) is 0.214. The first-order valence-electron chi connectivity index (χ1n) is 11.2. The SMILES string of the molecule is O=C(S)CCCCCCn1c(-c2ccccc2)nc(-c2ccccc2)c1-c1ccccc1. The van der Waals surface area contributed by atoms with Crippen LogP contribution in [0.3, 0.4) is 0 Å². The zero-order valence-corrected chi connectivity index (χ0v) is 19.0. The number of carbonyl (C=O) groups excluding carboxylic acids is 1. The number of carbonyl (C=O) groups is 1. The first-order valence-corrected chi connectivity index (χ1v) is 11.7. The van der Waals surface area contributed by atoms with Crippen molar-refractivity contribution in [2.24, 2.45) is 0 Å². The average molecular weight is 441 g/mol. The molecular formula is C28H28N2OS. The minimum Gasteiger partial charge on any atom is -0.323 e. The van der Waals surface area contributed by atoms with Crippen LogP contribution in [0.15, 0.2) is 91.0 Å². The van der Waals surface area contributed by atoms with Gasteiger partial charge in [0.25, 0.3) is 0 Å². The van der Waals surface area contributed by atoms with Gasteiger partial charge in [-0.25, -0.2) is 4.98 Å². The third-order valence-electron chi connectivity index (χ3n) is 5.62. The molecule has 0 aliphatic heterocycles. The Kier molecular flexibility index (Phi) is 7.57. The van der Waals surface area contributed by atoms with Crippen molar-refractivity contribution in [2.45, 2.75) is 38.6 Å². The molecule has 0 aliphatic rings. The summed E-state index contributed by atoms with van der Waals surface area (Å²) in [7, 11) is 0. The number of rotatable bonds is 10. The molecule has 4 heteroatoms. The van der Waals surface area contributed by atoms with E-state index in [2.05, 4.69) is 90.0 Å². The minimum absolute atomic E-state index is 0.0233. The van der Waals surface area contributed by atoms with Crippen LogP contribution in [-0.2, 0) is 11.3 Å². The lowest BCUT2D eigenvalue weighted by Crippen LogP contribution is -2.03. The molecule has 4 aromatic rings. The van der Waals surface area contributed by atoms with Gasteiger partial charge in [0.15, 0.2) is 5.12 Å². The van der Waals surface area contributed by atoms with Crippen molar-refractivity contribution in [1.82, 2.24) is 9.55 Å². The second-order valence-electron chi connectivity index (χ2n) is 7.94. The first-order chi connectivity index (χ1) is 15.7. The molecule has 0 N–H and O–H groups in total. The van der Waals surface area contributed by atoms with Crippen molar-refractivity contribution < 1.29 is 4.79 Å². The van der Waals surface area contributed by atoms with Gasteiger partial charge >= 0.3 is 0 Å². The highest BCUT2D eigenvalue weighted by Crippen LogP contribution is 2.36. The number of benzene rings is 3. The number of imidazole rings is 1. The van der Waals surface area contributed by atoms with Crippen LogP contribution in [0, 0.1) is 0 Å². The van der Waals surface area contributed by atoms with Crippen LogP contribution >= 0.6 is 12.6 Å². The van der Waals surface area contributed by atoms with Crippen LogP contribution in [0.25, 0.3) is 33.9 Å². The third-order valence-corrected chi connectivity index (χ3v) is 5.84. The Hall–Kier alpha value is -3.11. The van der Waals surface area contributed by atoms with Gasteiger partial charge in [0, 0.05) is 29.7 Å². The number of nitrogens with zero attached hydrogens (tertiary/aromatic N) is 2. The van der Waals surface area contributed by atoms with Gasteiger partial charge in [0.1, 0.15) is 5.82 Å². The highest BCUT2D eigenvalue weighted by Gasteiger charge is 2.20. The Morgan fingerprint density at radius 1 is 0.688 bits per heavy atom. The number of hydrogen-bond donors (Lipinski definition) is 1. The third kappa shape index (κ3) is 5.38. The largest absolute Gasteiger partial charge is 0.323 e. The summed E-state index contributed by atoms with van der Waals surface area (Å²) in [5.41, 5.74) is 5.57. The molecule has 0 atom stereocenters. The summed E-state index contributed by atoms with van der Waals surface area (Å²) in [6, 6.07) is 31.4. The van der Waals surface area contributed by atoms with E-state index >= 15 is 0 Å². The second kappa shape index (κ2) is 11.0. The van der Waals surface area contributed by atoms with Crippen LogP contribution in [0.4, 0.5) is 0 Å². The lowest BCUT2D eigenvalue weighted by Gasteiger charge is -2.13. The maximum Gasteiger partial charge on any atom is 0.185 e. The zero-order chi connectivity index (χ0) is 22.2. The summed E-state index contributed by atoms with van der Waals surface area (Å²) in [5, 5.41) is -0.0233. The first kappa shape index (κ1) is 22.1. The molecule has 0 spiro atoms. The van der Waals surface area contributed by atoms with E-state index in [0.717, 1.165) is 60.6 Å². The predicted octanol–water partition coefficient (Wildman–Crippen LogP) is 7.29. The molecule has 0 aliphatic carbocycles. The molecule has 0 saturated heterocycles. The maximum absolute atomic E-state index is 11.1. The Labute approximate surface area is 195 Å². The molecule has 0 amide bonds. The number of unbranched alkanes of at least 4 members (excludes halogenated alkanes) is 3. The molecule has 162 valence electrons. The molecule has 0 bridgehead atoms. The van der Waals surface area contributed by atoms with Crippen molar-refractivity contribution in [2.75, 3.05) is 0 Å². The van der Waals surface area contributed by atoms with Crippen LogP contribution in [0.1, 0.15) is 32.1 Å². The van der Waals surface area contributed by atoms with Gasteiger partial charge in [-0.1, -0.05) is 104 Å². The summed E-state index contributed by atoms with van der Waals surface area (Å²) in [5.74, 6) is 0.994. The Bertz CT molecular complexity index is 1140. The van der Waals surface area contributed by atoms with E-state index in [9.17, 15) is 4.79 Å². The van der Waals surface area contributed by atoms with Gasteiger partial charge in [-0.15, -0.1) is 12.6 Å². The van der Waals surface area contributed by atoms with Crippen LogP contribution in [0.5, 0.6) is 0 Å². The summed E-state index contributed by atoms with van der Waals surface area (Å²) >= 11 is 3.87. The van der Waals surface area contributed by atoms with Gasteiger partial charge in [0.2, 0.25) is 0 Å². The lowest BCUT2D eigenvalue weighted by atomic mass is 10.0. The molecule has 1 aromatic heterocycles. The zero-order valence-electron chi connectivity index (χ0n) is 18.2. The van der Waals surface area contributed by atoms with Gasteiger partial charge in [-0.05, 0) is 12.8 Å². The molecule has 3 aromatic carbocycles.